The average molecular weight is 381 g/mol. The van der Waals surface area contributed by atoms with Gasteiger partial charge in [-0.05, 0) is 59.8 Å². The molecule has 1 aromatic rings. The summed E-state index contributed by atoms with van der Waals surface area (Å²) in [4.78, 5) is 0. The molecule has 1 aliphatic carbocycles. The van der Waals surface area contributed by atoms with Crippen LogP contribution < -0.4 is 5.73 Å². The summed E-state index contributed by atoms with van der Waals surface area (Å²) >= 11 is 4.69. The average Bonchev–Trinajstić information content (AvgIpc) is 2.98. The van der Waals surface area contributed by atoms with Crippen LogP contribution in [0.25, 0.3) is 0 Å². The molecule has 1 aliphatic rings. The van der Waals surface area contributed by atoms with Crippen molar-refractivity contribution < 1.29 is 8.42 Å². The number of sulfonamides is 1. The van der Waals surface area contributed by atoms with E-state index in [1.807, 2.05) is 13.8 Å². The van der Waals surface area contributed by atoms with Crippen LogP contribution in [0, 0.1) is 12.8 Å². The molecule has 4 nitrogen and oxygen atoms in total. The van der Waals surface area contributed by atoms with Crippen molar-refractivity contribution in [2.24, 2.45) is 11.7 Å². The minimum absolute atomic E-state index is 0.0520. The number of aryl methyl sites for hydroxylation is 1. The lowest BCUT2D eigenvalue weighted by atomic mass is 10.0. The molecule has 1 fully saturated rings. The Bertz CT molecular complexity index is 551. The van der Waals surface area contributed by atoms with Gasteiger partial charge in [0.25, 0.3) is 10.0 Å². The Hall–Kier alpha value is 0.0500. The van der Waals surface area contributed by atoms with Gasteiger partial charge in [0.1, 0.15) is 4.21 Å². The number of nitrogens with zero attached hydrogens (tertiary/aromatic N) is 1. The Balaban J connectivity index is 2.34. The molecule has 0 saturated heterocycles. The van der Waals surface area contributed by atoms with Gasteiger partial charge in [0.2, 0.25) is 0 Å². The highest BCUT2D eigenvalue weighted by atomic mass is 79.9. The van der Waals surface area contributed by atoms with E-state index in [2.05, 4.69) is 15.9 Å². The molecule has 1 heterocycles. The van der Waals surface area contributed by atoms with Gasteiger partial charge in [-0.15, -0.1) is 11.3 Å². The number of thiophene rings is 1. The van der Waals surface area contributed by atoms with Gasteiger partial charge in [-0.1, -0.05) is 13.3 Å². The highest BCUT2D eigenvalue weighted by Gasteiger charge is 2.38. The largest absolute Gasteiger partial charge is 0.330 e. The monoisotopic (exact) mass is 380 g/mol. The fourth-order valence-corrected chi connectivity index (χ4v) is 7.01. The van der Waals surface area contributed by atoms with Crippen LogP contribution in [0.1, 0.15) is 31.7 Å². The molecule has 1 saturated carbocycles. The lowest BCUT2D eigenvalue weighted by Gasteiger charge is -2.30. The van der Waals surface area contributed by atoms with Crippen molar-refractivity contribution in [3.05, 3.63) is 15.4 Å². The zero-order valence-corrected chi connectivity index (χ0v) is 15.0. The second kappa shape index (κ2) is 6.44. The van der Waals surface area contributed by atoms with Crippen molar-refractivity contribution in [3.8, 4) is 0 Å². The standard InChI is InChI=1S/C13H21BrN2O2S2/c1-3-16(11-6-4-5-10(11)8-15)20(17,18)12-7-9(2)13(14)19-12/h7,10-11H,3-6,8,15H2,1-2H3. The number of halogens is 1. The van der Waals surface area contributed by atoms with Gasteiger partial charge in [0.05, 0.1) is 3.79 Å². The highest BCUT2D eigenvalue weighted by Crippen LogP contribution is 2.36. The maximum atomic E-state index is 12.9. The summed E-state index contributed by atoms with van der Waals surface area (Å²) in [5, 5.41) is 0. The van der Waals surface area contributed by atoms with Crippen LogP contribution in [0.2, 0.25) is 0 Å². The SMILES string of the molecule is CCN(C1CCCC1CN)S(=O)(=O)c1cc(C)c(Br)s1. The van der Waals surface area contributed by atoms with Gasteiger partial charge < -0.3 is 5.73 Å². The third-order valence-electron chi connectivity index (χ3n) is 4.00. The predicted octanol–water partition coefficient (Wildman–Crippen LogP) is 2.96. The molecule has 7 heteroatoms. The summed E-state index contributed by atoms with van der Waals surface area (Å²) in [7, 11) is -3.41. The summed E-state index contributed by atoms with van der Waals surface area (Å²) < 4.78 is 28.7. The molecule has 2 unspecified atom stereocenters. The highest BCUT2D eigenvalue weighted by molar-refractivity contribution is 9.11. The van der Waals surface area contributed by atoms with Crippen LogP contribution in [0.4, 0.5) is 0 Å². The van der Waals surface area contributed by atoms with Gasteiger partial charge in [-0.2, -0.15) is 4.31 Å². The van der Waals surface area contributed by atoms with Gasteiger partial charge in [0, 0.05) is 12.6 Å². The van der Waals surface area contributed by atoms with E-state index in [0.29, 0.717) is 17.3 Å². The Morgan fingerprint density at radius 3 is 2.70 bits per heavy atom. The minimum Gasteiger partial charge on any atom is -0.330 e. The summed E-state index contributed by atoms with van der Waals surface area (Å²) in [6.45, 7) is 4.87. The Kier molecular flexibility index (Phi) is 5.29. The molecule has 0 radical (unpaired) electrons. The van der Waals surface area contributed by atoms with E-state index >= 15 is 0 Å². The molecule has 0 spiro atoms. The topological polar surface area (TPSA) is 63.4 Å². The van der Waals surface area contributed by atoms with Crippen LogP contribution in [-0.2, 0) is 10.0 Å². The third-order valence-corrected chi connectivity index (χ3v) is 8.59. The second-order valence-corrected chi connectivity index (χ2v) is 9.71. The predicted molar refractivity (Wildman–Crippen MR) is 86.5 cm³/mol. The van der Waals surface area contributed by atoms with E-state index in [1.54, 1.807) is 10.4 Å². The summed E-state index contributed by atoms with van der Waals surface area (Å²) in [5.41, 5.74) is 6.76. The normalized spacial score (nSPS) is 23.6. The molecule has 0 aliphatic heterocycles. The number of rotatable bonds is 5. The Morgan fingerprint density at radius 2 is 2.20 bits per heavy atom. The zero-order valence-electron chi connectivity index (χ0n) is 11.8. The molecule has 0 aromatic carbocycles. The molecule has 20 heavy (non-hydrogen) atoms. The molecule has 114 valence electrons. The first-order chi connectivity index (χ1) is 9.41. The maximum Gasteiger partial charge on any atom is 0.252 e. The molecular formula is C13H21BrN2O2S2. The van der Waals surface area contributed by atoms with Gasteiger partial charge in [0.15, 0.2) is 0 Å². The lowest BCUT2D eigenvalue weighted by molar-refractivity contribution is 0.276. The Labute approximate surface area is 133 Å². The van der Waals surface area contributed by atoms with E-state index in [9.17, 15) is 8.42 Å². The maximum absolute atomic E-state index is 12.9. The van der Waals surface area contributed by atoms with Gasteiger partial charge >= 0.3 is 0 Å². The van der Waals surface area contributed by atoms with E-state index in [1.165, 1.54) is 11.3 Å². The molecule has 2 atom stereocenters. The van der Waals surface area contributed by atoms with Crippen LogP contribution in [-0.4, -0.2) is 31.9 Å². The van der Waals surface area contributed by atoms with E-state index in [0.717, 1.165) is 28.6 Å². The molecule has 2 N–H and O–H groups in total. The van der Waals surface area contributed by atoms with Crippen LogP contribution in [0.15, 0.2) is 14.1 Å². The quantitative estimate of drug-likeness (QED) is 0.853. The van der Waals surface area contributed by atoms with Gasteiger partial charge in [-0.25, -0.2) is 8.42 Å². The number of hydrogen-bond donors (Lipinski definition) is 1. The van der Waals surface area contributed by atoms with Crippen molar-refractivity contribution >= 4 is 37.3 Å². The first-order valence-corrected chi connectivity index (χ1v) is 9.94. The van der Waals surface area contributed by atoms with Gasteiger partial charge in [-0.3, -0.25) is 0 Å². The van der Waals surface area contributed by atoms with Crippen molar-refractivity contribution in [2.75, 3.05) is 13.1 Å². The first-order valence-electron chi connectivity index (χ1n) is 6.89. The summed E-state index contributed by atoms with van der Waals surface area (Å²) in [6, 6.07) is 1.80. The second-order valence-electron chi connectivity index (χ2n) is 5.22. The zero-order chi connectivity index (χ0) is 14.9. The fraction of sp³-hybridized carbons (Fsp3) is 0.692. The minimum atomic E-state index is -3.41. The molecule has 1 aromatic heterocycles. The number of hydrogen-bond acceptors (Lipinski definition) is 4. The summed E-state index contributed by atoms with van der Waals surface area (Å²) in [6.07, 6.45) is 3.01. The lowest BCUT2D eigenvalue weighted by Crippen LogP contribution is -2.43. The fourth-order valence-electron chi connectivity index (χ4n) is 2.93. The summed E-state index contributed by atoms with van der Waals surface area (Å²) in [5.74, 6) is 0.286. The van der Waals surface area contributed by atoms with Crippen LogP contribution in [0.5, 0.6) is 0 Å². The van der Waals surface area contributed by atoms with E-state index in [-0.39, 0.29) is 12.0 Å². The van der Waals surface area contributed by atoms with Crippen molar-refractivity contribution in [3.63, 3.8) is 0 Å². The third kappa shape index (κ3) is 2.97. The number of nitrogens with two attached hydrogens (primary N) is 1. The molecular weight excluding hydrogens is 360 g/mol. The van der Waals surface area contributed by atoms with E-state index < -0.39 is 10.0 Å². The molecule has 0 amide bonds. The Morgan fingerprint density at radius 1 is 1.50 bits per heavy atom. The molecule has 0 bridgehead atoms. The van der Waals surface area contributed by atoms with Crippen LogP contribution >= 0.6 is 27.3 Å². The molecule has 2 rings (SSSR count). The van der Waals surface area contributed by atoms with Crippen molar-refractivity contribution in [1.29, 1.82) is 0 Å². The van der Waals surface area contributed by atoms with Crippen molar-refractivity contribution in [1.82, 2.24) is 4.31 Å². The van der Waals surface area contributed by atoms with E-state index in [4.69, 9.17) is 5.73 Å². The smallest absolute Gasteiger partial charge is 0.252 e. The van der Waals surface area contributed by atoms with Crippen LogP contribution in [0.3, 0.4) is 0 Å². The first kappa shape index (κ1) is 16.4. The van der Waals surface area contributed by atoms with Crippen molar-refractivity contribution in [2.45, 2.75) is 43.4 Å².